The maximum absolute atomic E-state index is 12.0. The van der Waals surface area contributed by atoms with Crippen molar-refractivity contribution in [2.75, 3.05) is 20.8 Å². The molecule has 7 heteroatoms. The molecule has 22 heavy (non-hydrogen) atoms. The summed E-state index contributed by atoms with van der Waals surface area (Å²) in [6.07, 6.45) is 2.37. The molecule has 0 aliphatic rings. The van der Waals surface area contributed by atoms with Gasteiger partial charge in [0.05, 0.1) is 20.6 Å². The van der Waals surface area contributed by atoms with Gasteiger partial charge in [-0.05, 0) is 18.2 Å². The van der Waals surface area contributed by atoms with E-state index in [-0.39, 0.29) is 12.3 Å². The summed E-state index contributed by atoms with van der Waals surface area (Å²) < 4.78 is 12.1. The van der Waals surface area contributed by atoms with E-state index >= 15 is 0 Å². The van der Waals surface area contributed by atoms with Gasteiger partial charge in [0.15, 0.2) is 0 Å². The molecule has 7 nitrogen and oxygen atoms in total. The second-order valence-electron chi connectivity index (χ2n) is 4.75. The van der Waals surface area contributed by atoms with Gasteiger partial charge in [-0.3, -0.25) is 9.48 Å². The Hall–Kier alpha value is -2.57. The molecule has 0 saturated carbocycles. The minimum Gasteiger partial charge on any atom is -0.497 e. The standard InChI is InChI=1S/C15H20N4O3/c1-19-14(17-10-18-19)6-7-16-15(20)9-11-8-12(21-2)4-5-13(11)22-3/h4-5,8,10H,6-7,9H2,1-3H3,(H,16,20). The summed E-state index contributed by atoms with van der Waals surface area (Å²) in [4.78, 5) is 16.2. The molecule has 118 valence electrons. The molecule has 0 saturated heterocycles. The first-order valence-corrected chi connectivity index (χ1v) is 6.94. The third-order valence-electron chi connectivity index (χ3n) is 3.31. The number of carbonyl (C=O) groups excluding carboxylic acids is 1. The van der Waals surface area contributed by atoms with Crippen LogP contribution >= 0.6 is 0 Å². The summed E-state index contributed by atoms with van der Waals surface area (Å²) >= 11 is 0. The third-order valence-corrected chi connectivity index (χ3v) is 3.31. The molecule has 0 radical (unpaired) electrons. The Labute approximate surface area is 129 Å². The summed E-state index contributed by atoms with van der Waals surface area (Å²) in [6, 6.07) is 5.40. The fraction of sp³-hybridized carbons (Fsp3) is 0.400. The van der Waals surface area contributed by atoms with Gasteiger partial charge in [0.2, 0.25) is 5.91 Å². The molecular weight excluding hydrogens is 284 g/mol. The van der Waals surface area contributed by atoms with Crippen molar-refractivity contribution in [1.82, 2.24) is 20.1 Å². The fourth-order valence-corrected chi connectivity index (χ4v) is 2.12. The van der Waals surface area contributed by atoms with E-state index in [4.69, 9.17) is 9.47 Å². The monoisotopic (exact) mass is 304 g/mol. The van der Waals surface area contributed by atoms with Crippen LogP contribution in [0.5, 0.6) is 11.5 Å². The zero-order chi connectivity index (χ0) is 15.9. The van der Waals surface area contributed by atoms with Crippen LogP contribution in [0.1, 0.15) is 11.4 Å². The average molecular weight is 304 g/mol. The molecule has 0 aliphatic carbocycles. The first kappa shape index (κ1) is 15.8. The highest BCUT2D eigenvalue weighted by atomic mass is 16.5. The van der Waals surface area contributed by atoms with E-state index < -0.39 is 0 Å². The van der Waals surface area contributed by atoms with Crippen LogP contribution in [-0.4, -0.2) is 41.4 Å². The van der Waals surface area contributed by atoms with Gasteiger partial charge < -0.3 is 14.8 Å². The summed E-state index contributed by atoms with van der Waals surface area (Å²) in [7, 11) is 5.00. The Kier molecular flexibility index (Phi) is 5.35. The molecule has 1 amide bonds. The zero-order valence-corrected chi connectivity index (χ0v) is 13.0. The second kappa shape index (κ2) is 7.44. The van der Waals surface area contributed by atoms with Gasteiger partial charge in [0, 0.05) is 25.6 Å². The lowest BCUT2D eigenvalue weighted by molar-refractivity contribution is -0.120. The number of methoxy groups -OCH3 is 2. The molecule has 0 fully saturated rings. The number of nitrogens with zero attached hydrogens (tertiary/aromatic N) is 3. The minimum atomic E-state index is -0.0753. The number of amides is 1. The predicted molar refractivity (Wildman–Crippen MR) is 81.0 cm³/mol. The Morgan fingerprint density at radius 2 is 2.14 bits per heavy atom. The van der Waals surface area contributed by atoms with Crippen LogP contribution in [0, 0.1) is 0 Å². The normalized spacial score (nSPS) is 10.3. The average Bonchev–Trinajstić information content (AvgIpc) is 2.92. The molecule has 2 rings (SSSR count). The number of nitrogens with one attached hydrogen (secondary N) is 1. The Balaban J connectivity index is 1.90. The number of carbonyl (C=O) groups is 1. The highest BCUT2D eigenvalue weighted by Crippen LogP contribution is 2.24. The lowest BCUT2D eigenvalue weighted by Crippen LogP contribution is -2.28. The maximum atomic E-state index is 12.0. The molecule has 1 aromatic carbocycles. The number of aromatic nitrogens is 3. The largest absolute Gasteiger partial charge is 0.497 e. The molecule has 1 aromatic heterocycles. The molecule has 0 spiro atoms. The van der Waals surface area contributed by atoms with Crippen molar-refractivity contribution < 1.29 is 14.3 Å². The van der Waals surface area contributed by atoms with Crippen LogP contribution in [0.3, 0.4) is 0 Å². The van der Waals surface area contributed by atoms with E-state index in [1.165, 1.54) is 6.33 Å². The number of hydrogen-bond donors (Lipinski definition) is 1. The highest BCUT2D eigenvalue weighted by Gasteiger charge is 2.10. The van der Waals surface area contributed by atoms with Gasteiger partial charge in [0.1, 0.15) is 23.7 Å². The van der Waals surface area contributed by atoms with E-state index in [2.05, 4.69) is 15.4 Å². The fourth-order valence-electron chi connectivity index (χ4n) is 2.12. The van der Waals surface area contributed by atoms with Gasteiger partial charge in [-0.1, -0.05) is 0 Å². The molecule has 0 aliphatic heterocycles. The molecule has 0 unspecified atom stereocenters. The van der Waals surface area contributed by atoms with Gasteiger partial charge in [-0.15, -0.1) is 0 Å². The van der Waals surface area contributed by atoms with E-state index in [0.29, 0.717) is 24.5 Å². The van der Waals surface area contributed by atoms with Crippen molar-refractivity contribution >= 4 is 5.91 Å². The smallest absolute Gasteiger partial charge is 0.224 e. The first-order chi connectivity index (χ1) is 10.6. The van der Waals surface area contributed by atoms with Crippen molar-refractivity contribution in [1.29, 1.82) is 0 Å². The van der Waals surface area contributed by atoms with Crippen LogP contribution in [0.4, 0.5) is 0 Å². The van der Waals surface area contributed by atoms with E-state index in [0.717, 1.165) is 11.4 Å². The Morgan fingerprint density at radius 3 is 2.77 bits per heavy atom. The van der Waals surface area contributed by atoms with E-state index in [1.807, 2.05) is 7.05 Å². The summed E-state index contributed by atoms with van der Waals surface area (Å²) in [5, 5.41) is 6.86. The molecular formula is C15H20N4O3. The van der Waals surface area contributed by atoms with Gasteiger partial charge in [-0.2, -0.15) is 5.10 Å². The molecule has 2 aromatic rings. The summed E-state index contributed by atoms with van der Waals surface area (Å²) in [6.45, 7) is 0.512. The van der Waals surface area contributed by atoms with Crippen LogP contribution in [-0.2, 0) is 24.7 Å². The van der Waals surface area contributed by atoms with E-state index in [9.17, 15) is 4.79 Å². The van der Waals surface area contributed by atoms with Crippen molar-refractivity contribution in [3.05, 3.63) is 35.9 Å². The maximum Gasteiger partial charge on any atom is 0.224 e. The number of benzene rings is 1. The summed E-state index contributed by atoms with van der Waals surface area (Å²) in [5.41, 5.74) is 0.790. The second-order valence-corrected chi connectivity index (χ2v) is 4.75. The minimum absolute atomic E-state index is 0.0753. The van der Waals surface area contributed by atoms with Crippen LogP contribution in [0.2, 0.25) is 0 Å². The van der Waals surface area contributed by atoms with Gasteiger partial charge in [-0.25, -0.2) is 4.98 Å². The highest BCUT2D eigenvalue weighted by molar-refractivity contribution is 5.79. The molecule has 1 heterocycles. The predicted octanol–water partition coefficient (Wildman–Crippen LogP) is 0.734. The summed E-state index contributed by atoms with van der Waals surface area (Å²) in [5.74, 6) is 2.12. The quantitative estimate of drug-likeness (QED) is 0.816. The number of hydrogen-bond acceptors (Lipinski definition) is 5. The van der Waals surface area contributed by atoms with Crippen LogP contribution < -0.4 is 14.8 Å². The SMILES string of the molecule is COc1ccc(OC)c(CC(=O)NCCc2ncnn2C)c1. The Morgan fingerprint density at radius 1 is 1.32 bits per heavy atom. The van der Waals surface area contributed by atoms with Crippen molar-refractivity contribution in [2.24, 2.45) is 7.05 Å². The van der Waals surface area contributed by atoms with Crippen LogP contribution in [0.15, 0.2) is 24.5 Å². The lowest BCUT2D eigenvalue weighted by Gasteiger charge is -2.10. The van der Waals surface area contributed by atoms with E-state index in [1.54, 1.807) is 37.1 Å². The van der Waals surface area contributed by atoms with Gasteiger partial charge in [0.25, 0.3) is 0 Å². The first-order valence-electron chi connectivity index (χ1n) is 6.94. The van der Waals surface area contributed by atoms with Gasteiger partial charge >= 0.3 is 0 Å². The van der Waals surface area contributed by atoms with Crippen molar-refractivity contribution in [2.45, 2.75) is 12.8 Å². The number of aryl methyl sites for hydroxylation is 1. The third kappa shape index (κ3) is 3.97. The van der Waals surface area contributed by atoms with Crippen molar-refractivity contribution in [3.8, 4) is 11.5 Å². The number of ether oxygens (including phenoxy) is 2. The lowest BCUT2D eigenvalue weighted by atomic mass is 10.1. The molecule has 1 N–H and O–H groups in total. The zero-order valence-electron chi connectivity index (χ0n) is 13.0. The molecule has 0 atom stereocenters. The topological polar surface area (TPSA) is 78.3 Å². The number of rotatable bonds is 7. The Bertz CT molecular complexity index is 639. The van der Waals surface area contributed by atoms with Crippen LogP contribution in [0.25, 0.3) is 0 Å². The van der Waals surface area contributed by atoms with Crippen molar-refractivity contribution in [3.63, 3.8) is 0 Å². The molecule has 0 bridgehead atoms.